The zero-order valence-corrected chi connectivity index (χ0v) is 16.8. The number of esters is 1. The predicted molar refractivity (Wildman–Crippen MR) is 102 cm³/mol. The Bertz CT molecular complexity index is 1040. The molecule has 0 saturated carbocycles. The summed E-state index contributed by atoms with van der Waals surface area (Å²) in [5.41, 5.74) is -2.93. The largest absolute Gasteiger partial charge is 0.477 e. The summed E-state index contributed by atoms with van der Waals surface area (Å²) >= 11 is 5.86. The van der Waals surface area contributed by atoms with E-state index in [1.807, 2.05) is 0 Å². The molecule has 0 amide bonds. The molecule has 0 aromatic heterocycles. The maximum atomic E-state index is 12.9. The predicted octanol–water partition coefficient (Wildman–Crippen LogP) is 5.42. The lowest BCUT2D eigenvalue weighted by Gasteiger charge is -2.18. The van der Waals surface area contributed by atoms with Gasteiger partial charge in [0.1, 0.15) is 11.3 Å². The molecule has 2 rings (SSSR count). The molecule has 1 atom stereocenters. The van der Waals surface area contributed by atoms with Crippen LogP contribution in [0, 0.1) is 10.1 Å². The molecular weight excluding hydrogens is 447 g/mol. The normalized spacial score (nSPS) is 12.2. The monoisotopic (exact) mass is 461 g/mol. The second-order valence-electron chi connectivity index (χ2n) is 6.16. The maximum Gasteiger partial charge on any atom is 0.416 e. The number of carboxylic acid groups (broad SMARTS) is 1. The summed E-state index contributed by atoms with van der Waals surface area (Å²) in [6, 6.07) is 4.08. The van der Waals surface area contributed by atoms with Crippen molar-refractivity contribution in [3.63, 3.8) is 0 Å². The van der Waals surface area contributed by atoms with Gasteiger partial charge in [-0.3, -0.25) is 14.9 Å². The molecule has 2 aromatic rings. The van der Waals surface area contributed by atoms with Crippen LogP contribution in [0.15, 0.2) is 30.3 Å². The minimum Gasteiger partial charge on any atom is -0.477 e. The second kappa shape index (κ2) is 9.21. The van der Waals surface area contributed by atoms with Gasteiger partial charge in [-0.05, 0) is 38.1 Å². The molecule has 2 aromatic carbocycles. The van der Waals surface area contributed by atoms with Gasteiger partial charge in [0.15, 0.2) is 0 Å². The van der Waals surface area contributed by atoms with E-state index >= 15 is 0 Å². The number of hydrogen-bond acceptors (Lipinski definition) is 6. The van der Waals surface area contributed by atoms with Crippen molar-refractivity contribution in [1.29, 1.82) is 0 Å². The van der Waals surface area contributed by atoms with Gasteiger partial charge in [0.2, 0.25) is 5.75 Å². The zero-order chi connectivity index (χ0) is 23.5. The summed E-state index contributed by atoms with van der Waals surface area (Å²) in [6.45, 7) is 2.90. The Hall–Kier alpha value is -3.34. The van der Waals surface area contributed by atoms with Gasteiger partial charge in [0, 0.05) is 5.56 Å². The topological polar surface area (TPSA) is 116 Å². The average Bonchev–Trinajstić information content (AvgIpc) is 2.67. The lowest BCUT2D eigenvalue weighted by molar-refractivity contribution is -0.386. The van der Waals surface area contributed by atoms with E-state index in [0.717, 1.165) is 18.2 Å². The van der Waals surface area contributed by atoms with Crippen LogP contribution in [0.2, 0.25) is 5.02 Å². The van der Waals surface area contributed by atoms with E-state index in [-0.39, 0.29) is 12.2 Å². The zero-order valence-electron chi connectivity index (χ0n) is 16.0. The number of benzene rings is 2. The number of nitro groups is 1. The quantitative estimate of drug-likeness (QED) is 0.332. The molecule has 0 fully saturated rings. The first kappa shape index (κ1) is 23.9. The van der Waals surface area contributed by atoms with Gasteiger partial charge in [-0.15, -0.1) is 0 Å². The number of halogens is 4. The van der Waals surface area contributed by atoms with E-state index < -0.39 is 62.3 Å². The first-order chi connectivity index (χ1) is 14.4. The first-order valence-electron chi connectivity index (χ1n) is 8.64. The maximum absolute atomic E-state index is 12.9. The van der Waals surface area contributed by atoms with E-state index in [2.05, 4.69) is 0 Å². The van der Waals surface area contributed by atoms with Crippen LogP contribution >= 0.6 is 11.6 Å². The van der Waals surface area contributed by atoms with Crippen molar-refractivity contribution < 1.29 is 42.3 Å². The number of aromatic carboxylic acids is 1. The van der Waals surface area contributed by atoms with Crippen LogP contribution < -0.4 is 4.74 Å². The summed E-state index contributed by atoms with van der Waals surface area (Å²) in [5.74, 6) is -4.59. The minimum absolute atomic E-state index is 0.0133. The number of hydrogen-bond donors (Lipinski definition) is 1. The van der Waals surface area contributed by atoms with E-state index in [0.29, 0.717) is 12.1 Å². The number of carbonyl (C=O) groups excluding carboxylic acids is 1. The number of nitro benzene ring substituents is 1. The van der Waals surface area contributed by atoms with Gasteiger partial charge < -0.3 is 14.6 Å². The molecule has 1 unspecified atom stereocenters. The molecule has 166 valence electrons. The number of alkyl halides is 3. The van der Waals surface area contributed by atoms with Crippen molar-refractivity contribution in [2.45, 2.75) is 25.9 Å². The standard InChI is InChI=1S/C19H15ClF3NO7/c1-3-30-18(27)9(2)11-5-6-12(17(25)26)15(24(28)29)16(11)31-14-7-4-10(8-13(14)20)19(21,22)23/h4-9H,3H2,1-2H3,(H,25,26). The number of nitrogens with zero attached hydrogens (tertiary/aromatic N) is 1. The summed E-state index contributed by atoms with van der Waals surface area (Å²) in [7, 11) is 0. The third-order valence-electron chi connectivity index (χ3n) is 4.15. The Balaban J connectivity index is 2.70. The summed E-state index contributed by atoms with van der Waals surface area (Å²) in [4.78, 5) is 34.2. The minimum atomic E-state index is -4.69. The third kappa shape index (κ3) is 5.23. The van der Waals surface area contributed by atoms with Crippen molar-refractivity contribution in [3.05, 3.63) is 62.2 Å². The highest BCUT2D eigenvalue weighted by atomic mass is 35.5. The van der Waals surface area contributed by atoms with Crippen LogP contribution in [0.4, 0.5) is 18.9 Å². The van der Waals surface area contributed by atoms with Crippen LogP contribution in [-0.2, 0) is 15.7 Å². The number of ether oxygens (including phenoxy) is 2. The van der Waals surface area contributed by atoms with Crippen molar-refractivity contribution in [1.82, 2.24) is 0 Å². The summed E-state index contributed by atoms with van der Waals surface area (Å²) < 4.78 is 48.9. The van der Waals surface area contributed by atoms with Gasteiger partial charge in [-0.2, -0.15) is 13.2 Å². The Kier molecular flexibility index (Phi) is 7.11. The van der Waals surface area contributed by atoms with Crippen LogP contribution in [0.3, 0.4) is 0 Å². The molecule has 0 bridgehead atoms. The van der Waals surface area contributed by atoms with Gasteiger partial charge in [-0.25, -0.2) is 4.79 Å². The molecule has 0 aliphatic heterocycles. The molecule has 31 heavy (non-hydrogen) atoms. The van der Waals surface area contributed by atoms with E-state index in [4.69, 9.17) is 21.1 Å². The van der Waals surface area contributed by atoms with Gasteiger partial charge in [-0.1, -0.05) is 17.7 Å². The smallest absolute Gasteiger partial charge is 0.416 e. The Labute approximate surface area is 178 Å². The number of carbonyl (C=O) groups is 2. The van der Waals surface area contributed by atoms with Crippen LogP contribution in [0.1, 0.15) is 41.3 Å². The lowest BCUT2D eigenvalue weighted by Crippen LogP contribution is -2.15. The Morgan fingerprint density at radius 3 is 2.39 bits per heavy atom. The lowest BCUT2D eigenvalue weighted by atomic mass is 9.97. The number of rotatable bonds is 7. The first-order valence-corrected chi connectivity index (χ1v) is 9.02. The fraction of sp³-hybridized carbons (Fsp3) is 0.263. The molecule has 8 nitrogen and oxygen atoms in total. The molecule has 0 aliphatic rings. The van der Waals surface area contributed by atoms with Gasteiger partial charge in [0.25, 0.3) is 0 Å². The molecule has 0 heterocycles. The van der Waals surface area contributed by atoms with Crippen LogP contribution in [-0.4, -0.2) is 28.6 Å². The van der Waals surface area contributed by atoms with Crippen molar-refractivity contribution in [2.24, 2.45) is 0 Å². The molecule has 12 heteroatoms. The van der Waals surface area contributed by atoms with Crippen molar-refractivity contribution in [2.75, 3.05) is 6.61 Å². The fourth-order valence-electron chi connectivity index (χ4n) is 2.65. The van der Waals surface area contributed by atoms with E-state index in [9.17, 15) is 38.0 Å². The van der Waals surface area contributed by atoms with Crippen molar-refractivity contribution in [3.8, 4) is 11.5 Å². The van der Waals surface area contributed by atoms with E-state index in [1.165, 1.54) is 6.92 Å². The number of carboxylic acids is 1. The van der Waals surface area contributed by atoms with Gasteiger partial charge in [0.05, 0.1) is 28.0 Å². The average molecular weight is 462 g/mol. The van der Waals surface area contributed by atoms with Crippen molar-refractivity contribution >= 4 is 29.2 Å². The highest BCUT2D eigenvalue weighted by molar-refractivity contribution is 6.32. The second-order valence-corrected chi connectivity index (χ2v) is 6.57. The van der Waals surface area contributed by atoms with Crippen LogP contribution in [0.25, 0.3) is 0 Å². The Morgan fingerprint density at radius 2 is 1.90 bits per heavy atom. The molecule has 0 spiro atoms. The van der Waals surface area contributed by atoms with Gasteiger partial charge >= 0.3 is 23.8 Å². The SMILES string of the molecule is CCOC(=O)C(C)c1ccc(C(=O)O)c([N+](=O)[O-])c1Oc1ccc(C(F)(F)F)cc1Cl. The summed E-state index contributed by atoms with van der Waals surface area (Å²) in [6.07, 6.45) is -4.69. The highest BCUT2D eigenvalue weighted by Crippen LogP contribution is 2.44. The Morgan fingerprint density at radius 1 is 1.26 bits per heavy atom. The molecular formula is C19H15ClF3NO7. The molecule has 0 aliphatic carbocycles. The molecule has 1 N–H and O–H groups in total. The highest BCUT2D eigenvalue weighted by Gasteiger charge is 2.34. The summed E-state index contributed by atoms with van der Waals surface area (Å²) in [5, 5.41) is 20.4. The van der Waals surface area contributed by atoms with E-state index in [1.54, 1.807) is 6.92 Å². The molecule has 0 radical (unpaired) electrons. The fourth-order valence-corrected chi connectivity index (χ4v) is 2.87. The molecule has 0 saturated heterocycles. The van der Waals surface area contributed by atoms with Crippen LogP contribution in [0.5, 0.6) is 11.5 Å². The third-order valence-corrected chi connectivity index (χ3v) is 4.45.